The standard InChI is InChI=1S/C18H16F3N5O3/c19-18(20,21)10-3-1-5-25(8-10)17(28)12-7-11(13-4-2-6-29-13)24-16-14(15(22)27)23-9-26(12)16/h2,4,6-7,9-10H,1,3,5,8H2,(H2,22,27)/t10-/m0/s1. The predicted molar refractivity (Wildman–Crippen MR) is 93.9 cm³/mol. The molecule has 0 unspecified atom stereocenters. The number of hydrogen-bond acceptors (Lipinski definition) is 5. The number of rotatable bonds is 3. The molecule has 0 bridgehead atoms. The van der Waals surface area contributed by atoms with Gasteiger partial charge in [0.2, 0.25) is 0 Å². The normalized spacial score (nSPS) is 17.6. The lowest BCUT2D eigenvalue weighted by molar-refractivity contribution is -0.184. The smallest absolute Gasteiger partial charge is 0.393 e. The minimum atomic E-state index is -4.38. The Balaban J connectivity index is 1.80. The molecule has 3 aromatic heterocycles. The van der Waals surface area contributed by atoms with Gasteiger partial charge in [0.1, 0.15) is 17.7 Å². The molecule has 1 saturated heterocycles. The quantitative estimate of drug-likeness (QED) is 0.718. The van der Waals surface area contributed by atoms with E-state index < -0.39 is 30.5 Å². The lowest BCUT2D eigenvalue weighted by Gasteiger charge is -2.33. The van der Waals surface area contributed by atoms with Gasteiger partial charge in [0.15, 0.2) is 17.1 Å². The van der Waals surface area contributed by atoms with Crippen LogP contribution in [0.1, 0.15) is 33.8 Å². The summed E-state index contributed by atoms with van der Waals surface area (Å²) in [5, 5.41) is 0. The molecule has 1 atom stereocenters. The van der Waals surface area contributed by atoms with E-state index in [1.165, 1.54) is 23.1 Å². The first-order valence-corrected chi connectivity index (χ1v) is 8.83. The maximum Gasteiger partial charge on any atom is 0.393 e. The third-order valence-electron chi connectivity index (χ3n) is 4.90. The van der Waals surface area contributed by atoms with Crippen LogP contribution in [0.3, 0.4) is 0 Å². The third kappa shape index (κ3) is 3.43. The summed E-state index contributed by atoms with van der Waals surface area (Å²) in [6.07, 6.45) is -1.54. The maximum absolute atomic E-state index is 13.1. The van der Waals surface area contributed by atoms with E-state index in [4.69, 9.17) is 10.2 Å². The number of furan rings is 1. The van der Waals surface area contributed by atoms with E-state index >= 15 is 0 Å². The summed E-state index contributed by atoms with van der Waals surface area (Å²) in [4.78, 5) is 34.2. The average Bonchev–Trinajstić information content (AvgIpc) is 3.35. The van der Waals surface area contributed by atoms with Crippen molar-refractivity contribution in [2.45, 2.75) is 19.0 Å². The van der Waals surface area contributed by atoms with Crippen LogP contribution in [0, 0.1) is 5.92 Å². The second-order valence-corrected chi connectivity index (χ2v) is 6.79. The van der Waals surface area contributed by atoms with Crippen molar-refractivity contribution in [3.63, 3.8) is 0 Å². The molecule has 8 nitrogen and oxygen atoms in total. The lowest BCUT2D eigenvalue weighted by atomic mass is 9.97. The van der Waals surface area contributed by atoms with E-state index in [0.29, 0.717) is 5.76 Å². The predicted octanol–water partition coefficient (Wildman–Crippen LogP) is 2.50. The van der Waals surface area contributed by atoms with Crippen LogP contribution in [0.15, 0.2) is 35.2 Å². The molecule has 11 heteroatoms. The van der Waals surface area contributed by atoms with Gasteiger partial charge < -0.3 is 15.1 Å². The topological polar surface area (TPSA) is 107 Å². The third-order valence-corrected chi connectivity index (χ3v) is 4.90. The highest BCUT2D eigenvalue weighted by atomic mass is 19.4. The SMILES string of the molecule is NC(=O)c1ncn2c(C(=O)N3CCC[C@H](C(F)(F)F)C3)cc(-c3ccco3)nc12. The van der Waals surface area contributed by atoms with Crippen molar-refractivity contribution in [3.8, 4) is 11.5 Å². The van der Waals surface area contributed by atoms with Crippen LogP contribution in [0.4, 0.5) is 13.2 Å². The molecular formula is C18H16F3N5O3. The molecule has 1 aliphatic heterocycles. The number of likely N-dealkylation sites (tertiary alicyclic amines) is 1. The summed E-state index contributed by atoms with van der Waals surface area (Å²) < 4.78 is 46.0. The van der Waals surface area contributed by atoms with Gasteiger partial charge in [0, 0.05) is 13.1 Å². The Kier molecular flexibility index (Phi) is 4.52. The van der Waals surface area contributed by atoms with E-state index in [2.05, 4.69) is 9.97 Å². The average molecular weight is 407 g/mol. The van der Waals surface area contributed by atoms with Gasteiger partial charge in [-0.2, -0.15) is 13.2 Å². The summed E-state index contributed by atoms with van der Waals surface area (Å²) in [5.74, 6) is -2.71. The number of aromatic nitrogens is 3. The molecule has 3 aromatic rings. The molecule has 152 valence electrons. The Bertz CT molecular complexity index is 1070. The molecular weight excluding hydrogens is 391 g/mol. The Morgan fingerprint density at radius 2 is 2.10 bits per heavy atom. The minimum absolute atomic E-state index is 0.0178. The number of carbonyl (C=O) groups is 2. The van der Waals surface area contributed by atoms with Gasteiger partial charge in [0.05, 0.1) is 12.2 Å². The van der Waals surface area contributed by atoms with Crippen molar-refractivity contribution in [1.82, 2.24) is 19.3 Å². The molecule has 0 saturated carbocycles. The van der Waals surface area contributed by atoms with Gasteiger partial charge in [-0.05, 0) is 31.0 Å². The van der Waals surface area contributed by atoms with Crippen LogP contribution in [0.5, 0.6) is 0 Å². The van der Waals surface area contributed by atoms with Crippen molar-refractivity contribution in [2.24, 2.45) is 11.7 Å². The maximum atomic E-state index is 13.1. The molecule has 29 heavy (non-hydrogen) atoms. The van der Waals surface area contributed by atoms with Gasteiger partial charge in [-0.1, -0.05) is 0 Å². The molecule has 0 radical (unpaired) electrons. The van der Waals surface area contributed by atoms with Crippen molar-refractivity contribution < 1.29 is 27.2 Å². The van der Waals surface area contributed by atoms with E-state index in [0.717, 1.165) is 4.90 Å². The summed E-state index contributed by atoms with van der Waals surface area (Å²) >= 11 is 0. The number of nitrogens with zero attached hydrogens (tertiary/aromatic N) is 4. The first-order valence-electron chi connectivity index (χ1n) is 8.83. The van der Waals surface area contributed by atoms with Crippen LogP contribution in [-0.2, 0) is 0 Å². The molecule has 1 aliphatic rings. The monoisotopic (exact) mass is 407 g/mol. The highest BCUT2D eigenvalue weighted by Gasteiger charge is 2.43. The number of alkyl halides is 3. The number of hydrogen-bond donors (Lipinski definition) is 1. The van der Waals surface area contributed by atoms with Crippen LogP contribution < -0.4 is 5.73 Å². The van der Waals surface area contributed by atoms with E-state index in [1.54, 1.807) is 12.1 Å². The zero-order valence-corrected chi connectivity index (χ0v) is 15.0. The Morgan fingerprint density at radius 3 is 2.76 bits per heavy atom. The zero-order valence-electron chi connectivity index (χ0n) is 15.0. The number of piperidine rings is 1. The molecule has 1 fully saturated rings. The molecule has 0 aromatic carbocycles. The van der Waals surface area contributed by atoms with Gasteiger partial charge in [-0.3, -0.25) is 14.0 Å². The van der Waals surface area contributed by atoms with Gasteiger partial charge in [-0.25, -0.2) is 9.97 Å². The molecule has 2 amide bonds. The molecule has 2 N–H and O–H groups in total. The van der Waals surface area contributed by atoms with E-state index in [-0.39, 0.29) is 42.1 Å². The Morgan fingerprint density at radius 1 is 1.31 bits per heavy atom. The second-order valence-electron chi connectivity index (χ2n) is 6.79. The number of amides is 2. The van der Waals surface area contributed by atoms with Crippen LogP contribution >= 0.6 is 0 Å². The zero-order chi connectivity index (χ0) is 20.8. The fourth-order valence-corrected chi connectivity index (χ4v) is 3.45. The largest absolute Gasteiger partial charge is 0.463 e. The van der Waals surface area contributed by atoms with Crippen molar-refractivity contribution in [1.29, 1.82) is 0 Å². The van der Waals surface area contributed by atoms with Crippen molar-refractivity contribution >= 4 is 17.5 Å². The molecule has 0 spiro atoms. The first kappa shape index (κ1) is 19.0. The first-order chi connectivity index (χ1) is 13.8. The number of nitrogens with two attached hydrogens (primary N) is 1. The summed E-state index contributed by atoms with van der Waals surface area (Å²) in [7, 11) is 0. The van der Waals surface area contributed by atoms with Crippen LogP contribution in [0.2, 0.25) is 0 Å². The molecule has 0 aliphatic carbocycles. The number of carbonyl (C=O) groups excluding carboxylic acids is 2. The van der Waals surface area contributed by atoms with Crippen LogP contribution in [0.25, 0.3) is 17.1 Å². The molecule has 4 heterocycles. The van der Waals surface area contributed by atoms with Gasteiger partial charge in [0.25, 0.3) is 11.8 Å². The Hall–Kier alpha value is -3.37. The summed E-state index contributed by atoms with van der Waals surface area (Å²) in [6.45, 7) is -0.234. The van der Waals surface area contributed by atoms with E-state index in [1.807, 2.05) is 0 Å². The van der Waals surface area contributed by atoms with Crippen molar-refractivity contribution in [3.05, 3.63) is 42.2 Å². The summed E-state index contributed by atoms with van der Waals surface area (Å²) in [5.41, 5.74) is 5.46. The highest BCUT2D eigenvalue weighted by Crippen LogP contribution is 2.34. The number of primary amides is 1. The highest BCUT2D eigenvalue weighted by molar-refractivity contribution is 5.99. The summed E-state index contributed by atoms with van der Waals surface area (Å²) in [6, 6.07) is 4.62. The fraction of sp³-hybridized carbons (Fsp3) is 0.333. The lowest BCUT2D eigenvalue weighted by Crippen LogP contribution is -2.45. The number of fused-ring (bicyclic) bond motifs is 1. The number of halogens is 3. The second kappa shape index (κ2) is 6.90. The van der Waals surface area contributed by atoms with Crippen LogP contribution in [-0.4, -0.2) is 50.3 Å². The Labute approximate surface area is 162 Å². The van der Waals surface area contributed by atoms with Gasteiger partial charge in [-0.15, -0.1) is 0 Å². The van der Waals surface area contributed by atoms with Crippen molar-refractivity contribution in [2.75, 3.05) is 13.1 Å². The number of imidazole rings is 1. The minimum Gasteiger partial charge on any atom is -0.463 e. The molecule has 4 rings (SSSR count). The fourth-order valence-electron chi connectivity index (χ4n) is 3.45. The van der Waals surface area contributed by atoms with Gasteiger partial charge >= 0.3 is 6.18 Å². The van der Waals surface area contributed by atoms with E-state index in [9.17, 15) is 22.8 Å².